The zero-order valence-corrected chi connectivity index (χ0v) is 7.30. The maximum atomic E-state index is 10.6. The average Bonchev–Trinajstić information content (AvgIpc) is 2.57. The first-order valence-electron chi connectivity index (χ1n) is 3.58. The van der Waals surface area contributed by atoms with E-state index in [1.807, 2.05) is 23.2 Å². The van der Waals surface area contributed by atoms with Gasteiger partial charge >= 0.3 is 0 Å². The first-order valence-corrected chi connectivity index (χ1v) is 4.53. The number of rotatable bonds is 4. The van der Waals surface area contributed by atoms with E-state index < -0.39 is 0 Å². The lowest BCUT2D eigenvalue weighted by atomic mass is 10.1. The molecule has 0 atom stereocenters. The highest BCUT2D eigenvalue weighted by Gasteiger charge is 1.99. The van der Waals surface area contributed by atoms with Crippen LogP contribution in [0.4, 0.5) is 0 Å². The molecule has 1 aromatic heterocycles. The van der Waals surface area contributed by atoms with Gasteiger partial charge in [0.15, 0.2) is 0 Å². The molecule has 2 N–H and O–H groups in total. The third kappa shape index (κ3) is 3.02. The maximum absolute atomic E-state index is 10.6. The first kappa shape index (κ1) is 9.22. The number of carbonyl (C=O) groups excluding carboxylic acids is 1. The highest BCUT2D eigenvalue weighted by atomic mass is 32.1. The SMILES string of the molecule is O=C(C[CH]Cc1ccsc1)NO. The van der Waals surface area contributed by atoms with E-state index in [1.165, 1.54) is 5.56 Å². The van der Waals surface area contributed by atoms with Gasteiger partial charge < -0.3 is 0 Å². The second kappa shape index (κ2) is 4.90. The molecule has 0 aromatic carbocycles. The van der Waals surface area contributed by atoms with Crippen LogP contribution in [0.5, 0.6) is 0 Å². The maximum Gasteiger partial charge on any atom is 0.243 e. The van der Waals surface area contributed by atoms with Gasteiger partial charge in [0.2, 0.25) is 5.91 Å². The lowest BCUT2D eigenvalue weighted by Gasteiger charge is -1.96. The Morgan fingerprint density at radius 2 is 2.58 bits per heavy atom. The monoisotopic (exact) mass is 184 g/mol. The van der Waals surface area contributed by atoms with Crippen molar-refractivity contribution in [1.82, 2.24) is 5.48 Å². The van der Waals surface area contributed by atoms with Crippen molar-refractivity contribution in [3.05, 3.63) is 28.8 Å². The van der Waals surface area contributed by atoms with Gasteiger partial charge in [-0.2, -0.15) is 11.3 Å². The smallest absolute Gasteiger partial charge is 0.243 e. The van der Waals surface area contributed by atoms with Crippen LogP contribution in [0.25, 0.3) is 0 Å². The molecule has 0 fully saturated rings. The molecule has 0 saturated heterocycles. The van der Waals surface area contributed by atoms with Gasteiger partial charge in [0.1, 0.15) is 0 Å². The molecule has 0 aliphatic rings. The molecule has 0 spiro atoms. The van der Waals surface area contributed by atoms with Crippen molar-refractivity contribution >= 4 is 17.2 Å². The Balaban J connectivity index is 2.15. The second-order valence-electron chi connectivity index (χ2n) is 2.36. The van der Waals surface area contributed by atoms with E-state index in [4.69, 9.17) is 5.21 Å². The number of hydrogen-bond acceptors (Lipinski definition) is 3. The molecule has 1 radical (unpaired) electrons. The van der Waals surface area contributed by atoms with Crippen LogP contribution in [0.15, 0.2) is 16.8 Å². The molecule has 0 aliphatic heterocycles. The van der Waals surface area contributed by atoms with Crippen LogP contribution in [0, 0.1) is 6.42 Å². The number of thiophene rings is 1. The van der Waals surface area contributed by atoms with E-state index in [1.54, 1.807) is 16.8 Å². The van der Waals surface area contributed by atoms with Crippen molar-refractivity contribution in [2.45, 2.75) is 12.8 Å². The summed E-state index contributed by atoms with van der Waals surface area (Å²) >= 11 is 1.63. The van der Waals surface area contributed by atoms with Crippen molar-refractivity contribution in [3.63, 3.8) is 0 Å². The fourth-order valence-electron chi connectivity index (χ4n) is 0.824. The van der Waals surface area contributed by atoms with Crippen LogP contribution >= 0.6 is 11.3 Å². The molecule has 3 nitrogen and oxygen atoms in total. The molecular formula is C8H10NO2S. The van der Waals surface area contributed by atoms with E-state index in [2.05, 4.69) is 0 Å². The van der Waals surface area contributed by atoms with E-state index in [0.29, 0.717) is 0 Å². The van der Waals surface area contributed by atoms with Gasteiger partial charge in [-0.15, -0.1) is 0 Å². The molecule has 0 aliphatic carbocycles. The lowest BCUT2D eigenvalue weighted by Crippen LogP contribution is -2.18. The summed E-state index contributed by atoms with van der Waals surface area (Å²) in [6.07, 6.45) is 2.86. The van der Waals surface area contributed by atoms with Crippen molar-refractivity contribution < 1.29 is 10.0 Å². The van der Waals surface area contributed by atoms with Gasteiger partial charge in [-0.25, -0.2) is 5.48 Å². The summed E-state index contributed by atoms with van der Waals surface area (Å²) in [4.78, 5) is 10.6. The summed E-state index contributed by atoms with van der Waals surface area (Å²) in [5.74, 6) is -0.370. The van der Waals surface area contributed by atoms with Gasteiger partial charge in [0.25, 0.3) is 0 Å². The number of nitrogens with one attached hydrogen (secondary N) is 1. The van der Waals surface area contributed by atoms with Crippen LogP contribution in [0.3, 0.4) is 0 Å². The molecule has 12 heavy (non-hydrogen) atoms. The van der Waals surface area contributed by atoms with Crippen LogP contribution in [-0.2, 0) is 11.2 Å². The molecule has 4 heteroatoms. The Morgan fingerprint density at radius 1 is 1.75 bits per heavy atom. The van der Waals surface area contributed by atoms with E-state index >= 15 is 0 Å². The summed E-state index contributed by atoms with van der Waals surface area (Å²) < 4.78 is 0. The zero-order valence-electron chi connectivity index (χ0n) is 6.49. The van der Waals surface area contributed by atoms with Gasteiger partial charge in [-0.1, -0.05) is 0 Å². The Hall–Kier alpha value is -0.870. The van der Waals surface area contributed by atoms with Crippen LogP contribution < -0.4 is 5.48 Å². The van der Waals surface area contributed by atoms with Crippen LogP contribution in [-0.4, -0.2) is 11.1 Å². The zero-order chi connectivity index (χ0) is 8.81. The van der Waals surface area contributed by atoms with E-state index in [0.717, 1.165) is 6.42 Å². The van der Waals surface area contributed by atoms with Gasteiger partial charge in [0, 0.05) is 6.42 Å². The highest BCUT2D eigenvalue weighted by molar-refractivity contribution is 7.07. The van der Waals surface area contributed by atoms with Crippen LogP contribution in [0.2, 0.25) is 0 Å². The summed E-state index contributed by atoms with van der Waals surface area (Å²) in [5.41, 5.74) is 2.78. The fraction of sp³-hybridized carbons (Fsp3) is 0.250. The predicted octanol–water partition coefficient (Wildman–Crippen LogP) is 1.39. The Morgan fingerprint density at radius 3 is 3.17 bits per heavy atom. The molecule has 0 saturated carbocycles. The topological polar surface area (TPSA) is 49.3 Å². The highest BCUT2D eigenvalue weighted by Crippen LogP contribution is 2.08. The molecule has 1 heterocycles. The minimum absolute atomic E-state index is 0.256. The first-order chi connectivity index (χ1) is 5.83. The Labute approximate surface area is 75.0 Å². The second-order valence-corrected chi connectivity index (χ2v) is 3.14. The molecule has 1 rings (SSSR count). The molecule has 0 unspecified atom stereocenters. The van der Waals surface area contributed by atoms with Crippen molar-refractivity contribution in [1.29, 1.82) is 0 Å². The van der Waals surface area contributed by atoms with Crippen molar-refractivity contribution in [2.24, 2.45) is 0 Å². The molecular weight excluding hydrogens is 174 g/mol. The number of carbonyl (C=O) groups is 1. The lowest BCUT2D eigenvalue weighted by molar-refractivity contribution is -0.128. The molecule has 65 valence electrons. The minimum atomic E-state index is -0.370. The summed E-state index contributed by atoms with van der Waals surface area (Å²) in [7, 11) is 0. The average molecular weight is 184 g/mol. The van der Waals surface area contributed by atoms with Gasteiger partial charge in [-0.3, -0.25) is 10.0 Å². The Bertz CT molecular complexity index is 233. The molecule has 1 amide bonds. The molecule has 0 bridgehead atoms. The quantitative estimate of drug-likeness (QED) is 0.548. The minimum Gasteiger partial charge on any atom is -0.289 e. The fourth-order valence-corrected chi connectivity index (χ4v) is 1.51. The Kier molecular flexibility index (Phi) is 3.76. The number of amides is 1. The standard InChI is InChI=1S/C8H10NO2S/c10-8(9-11)3-1-2-7-4-5-12-6-7/h1,4-6,11H,2-3H2,(H,9,10). The van der Waals surface area contributed by atoms with Crippen LogP contribution in [0.1, 0.15) is 12.0 Å². The third-order valence-electron chi connectivity index (χ3n) is 1.41. The largest absolute Gasteiger partial charge is 0.289 e. The summed E-state index contributed by atoms with van der Waals surface area (Å²) in [6.45, 7) is 0. The normalized spacial score (nSPS) is 9.75. The van der Waals surface area contributed by atoms with Gasteiger partial charge in [0.05, 0.1) is 0 Å². The number of hydroxylamine groups is 1. The summed E-state index contributed by atoms with van der Waals surface area (Å²) in [5, 5.41) is 12.2. The predicted molar refractivity (Wildman–Crippen MR) is 46.9 cm³/mol. The van der Waals surface area contributed by atoms with Crippen molar-refractivity contribution in [2.75, 3.05) is 0 Å². The van der Waals surface area contributed by atoms with E-state index in [-0.39, 0.29) is 12.3 Å². The third-order valence-corrected chi connectivity index (χ3v) is 2.15. The van der Waals surface area contributed by atoms with E-state index in [9.17, 15) is 4.79 Å². The van der Waals surface area contributed by atoms with Crippen molar-refractivity contribution in [3.8, 4) is 0 Å². The molecule has 1 aromatic rings. The number of hydrogen-bond donors (Lipinski definition) is 2. The van der Waals surface area contributed by atoms with Gasteiger partial charge in [-0.05, 0) is 35.2 Å². The summed E-state index contributed by atoms with van der Waals surface area (Å²) in [6, 6.07) is 2.01.